The number of nitrogens with one attached hydrogen (secondary N) is 1. The van der Waals surface area contributed by atoms with Gasteiger partial charge in [-0.3, -0.25) is 29.5 Å². The van der Waals surface area contributed by atoms with Crippen LogP contribution < -0.4 is 5.43 Å². The standard InChI is InChI=1S/C39H29Cl2F3N4O5/c40-24-11-9-22(10-12-24)38-29(35(51)48(37(38)53)46-33-30(41)16-23(18-45-33)39(42,43)44)17-28-26(32(38)21-7-4-8-25(49)15-21)13-14-27-31(28)36(52)47(34(27)50)19-20-5-2-1-3-6-20/h1-13,15-16,18,27-29,31-32,49H,14,17,19H2,(H,45,46)/t27-,28+,29-,31-,32-,38+/m0/s1. The van der Waals surface area contributed by atoms with E-state index in [0.717, 1.165) is 10.6 Å². The largest absolute Gasteiger partial charge is 0.508 e. The molecule has 9 nitrogen and oxygen atoms in total. The van der Waals surface area contributed by atoms with Crippen molar-refractivity contribution in [3.05, 3.63) is 135 Å². The fourth-order valence-corrected chi connectivity index (χ4v) is 9.18. The van der Waals surface area contributed by atoms with E-state index in [1.165, 1.54) is 17.0 Å². The summed E-state index contributed by atoms with van der Waals surface area (Å²) in [6, 6.07) is 22.5. The highest BCUT2D eigenvalue weighted by atomic mass is 35.5. The molecule has 3 fully saturated rings. The van der Waals surface area contributed by atoms with Gasteiger partial charge in [0.05, 0.1) is 40.3 Å². The molecule has 3 aromatic carbocycles. The number of phenolic OH excluding ortho intramolecular Hbond substituents is 1. The van der Waals surface area contributed by atoms with Crippen LogP contribution in [0.3, 0.4) is 0 Å². The summed E-state index contributed by atoms with van der Waals surface area (Å²) < 4.78 is 40.3. The minimum absolute atomic E-state index is 0.0138. The van der Waals surface area contributed by atoms with E-state index in [1.807, 2.05) is 36.4 Å². The minimum atomic E-state index is -4.74. The lowest BCUT2D eigenvalue weighted by atomic mass is 9.49. The second-order valence-corrected chi connectivity index (χ2v) is 14.6. The highest BCUT2D eigenvalue weighted by Gasteiger charge is 2.70. The van der Waals surface area contributed by atoms with Gasteiger partial charge in [-0.1, -0.05) is 89.4 Å². The number of fused-ring (bicyclic) bond motifs is 4. The maximum Gasteiger partial charge on any atom is 0.417 e. The number of anilines is 1. The molecule has 4 aliphatic rings. The third-order valence-corrected chi connectivity index (χ3v) is 11.6. The number of halogens is 5. The highest BCUT2D eigenvalue weighted by Crippen LogP contribution is 2.64. The van der Waals surface area contributed by atoms with Crippen molar-refractivity contribution in [2.75, 3.05) is 5.43 Å². The molecule has 2 aliphatic heterocycles. The quantitative estimate of drug-likeness (QED) is 0.156. The number of hydrogen-bond donors (Lipinski definition) is 2. The van der Waals surface area contributed by atoms with Crippen molar-refractivity contribution in [2.24, 2.45) is 23.7 Å². The predicted molar refractivity (Wildman–Crippen MR) is 187 cm³/mol. The van der Waals surface area contributed by atoms with Crippen LogP contribution in [0.15, 0.2) is 103 Å². The van der Waals surface area contributed by atoms with Crippen molar-refractivity contribution in [3.63, 3.8) is 0 Å². The molecule has 1 aromatic heterocycles. The van der Waals surface area contributed by atoms with E-state index < -0.39 is 63.6 Å². The molecule has 2 N–H and O–H groups in total. The molecule has 0 radical (unpaired) electrons. The Balaban J connectivity index is 1.28. The fourth-order valence-electron chi connectivity index (χ4n) is 8.85. The molecular formula is C39H29Cl2F3N4O5. The molecule has 8 rings (SSSR count). The first kappa shape index (κ1) is 34.9. The Hall–Kier alpha value is -5.20. The van der Waals surface area contributed by atoms with E-state index in [2.05, 4.69) is 10.4 Å². The van der Waals surface area contributed by atoms with Gasteiger partial charge in [0.25, 0.3) is 11.8 Å². The fraction of sp³-hybridized carbons (Fsp3) is 0.256. The summed E-state index contributed by atoms with van der Waals surface area (Å²) in [6.07, 6.45) is -2.12. The number of carbonyl (C=O) groups is 4. The van der Waals surface area contributed by atoms with Gasteiger partial charge in [-0.05, 0) is 65.8 Å². The van der Waals surface area contributed by atoms with Crippen LogP contribution in [0.4, 0.5) is 19.0 Å². The number of carbonyl (C=O) groups excluding carboxylic acids is 4. The summed E-state index contributed by atoms with van der Waals surface area (Å²) in [7, 11) is 0. The second-order valence-electron chi connectivity index (χ2n) is 13.8. The number of allylic oxidation sites excluding steroid dienone is 2. The van der Waals surface area contributed by atoms with Gasteiger partial charge < -0.3 is 5.11 Å². The molecule has 53 heavy (non-hydrogen) atoms. The summed E-state index contributed by atoms with van der Waals surface area (Å²) in [5.41, 5.74) is 2.12. The van der Waals surface area contributed by atoms with Gasteiger partial charge in [0.2, 0.25) is 11.8 Å². The molecular weight excluding hydrogens is 732 g/mol. The van der Waals surface area contributed by atoms with Crippen LogP contribution in [0.1, 0.15) is 41.0 Å². The topological polar surface area (TPSA) is 120 Å². The van der Waals surface area contributed by atoms with Crippen molar-refractivity contribution in [3.8, 4) is 5.75 Å². The van der Waals surface area contributed by atoms with E-state index in [0.29, 0.717) is 34.0 Å². The highest BCUT2D eigenvalue weighted by molar-refractivity contribution is 6.33. The van der Waals surface area contributed by atoms with Gasteiger partial charge in [-0.15, -0.1) is 0 Å². The number of nitrogens with zero attached hydrogens (tertiary/aromatic N) is 3. The number of aromatic nitrogens is 1. The third-order valence-electron chi connectivity index (χ3n) is 11.0. The Morgan fingerprint density at radius 2 is 1.62 bits per heavy atom. The van der Waals surface area contributed by atoms with E-state index in [-0.39, 0.29) is 42.8 Å². The first-order valence-corrected chi connectivity index (χ1v) is 17.6. The second kappa shape index (κ2) is 12.7. The Labute approximate surface area is 311 Å². The number of pyridine rings is 1. The summed E-state index contributed by atoms with van der Waals surface area (Å²) in [5.74, 6) is -6.90. The van der Waals surface area contributed by atoms with Gasteiger partial charge in [0, 0.05) is 17.1 Å². The van der Waals surface area contributed by atoms with Gasteiger partial charge >= 0.3 is 6.18 Å². The minimum Gasteiger partial charge on any atom is -0.508 e. The average Bonchev–Trinajstić information content (AvgIpc) is 3.49. The molecule has 6 atom stereocenters. The molecule has 14 heteroatoms. The van der Waals surface area contributed by atoms with Crippen LogP contribution >= 0.6 is 23.2 Å². The van der Waals surface area contributed by atoms with Gasteiger partial charge in [-0.2, -0.15) is 18.2 Å². The molecule has 0 unspecified atom stereocenters. The van der Waals surface area contributed by atoms with Gasteiger partial charge in [-0.25, -0.2) is 4.98 Å². The first-order valence-electron chi connectivity index (χ1n) is 16.8. The molecule has 4 amide bonds. The number of aromatic hydroxyl groups is 1. The van der Waals surface area contributed by atoms with Crippen molar-refractivity contribution in [1.82, 2.24) is 14.9 Å². The SMILES string of the molecule is O=C1[C@H]2[C@H](CC=C3[C@H]2C[C@H]2C(=O)N(Nc4ncc(C(F)(F)F)cc4Cl)C(=O)[C@@]2(c2ccc(Cl)cc2)[C@H]3c2cccc(O)c2)C(=O)N1Cc1ccccc1. The number of likely N-dealkylation sites (tertiary alicyclic amines) is 1. The molecule has 0 spiro atoms. The lowest BCUT2D eigenvalue weighted by Crippen LogP contribution is -2.53. The van der Waals surface area contributed by atoms with Crippen LogP contribution in [0.2, 0.25) is 10.0 Å². The van der Waals surface area contributed by atoms with E-state index >= 15 is 4.79 Å². The molecule has 2 saturated heterocycles. The van der Waals surface area contributed by atoms with Crippen molar-refractivity contribution < 1.29 is 37.5 Å². The summed E-state index contributed by atoms with van der Waals surface area (Å²) in [5, 5.41) is 11.3. The zero-order chi connectivity index (χ0) is 37.4. The number of benzene rings is 3. The molecule has 3 heterocycles. The predicted octanol–water partition coefficient (Wildman–Crippen LogP) is 7.30. The number of alkyl halides is 3. The Kier molecular flexibility index (Phi) is 8.38. The zero-order valence-corrected chi connectivity index (χ0v) is 29.1. The number of imide groups is 2. The maximum atomic E-state index is 15.2. The van der Waals surface area contributed by atoms with Crippen LogP contribution in [-0.2, 0) is 37.3 Å². The Morgan fingerprint density at radius 3 is 2.30 bits per heavy atom. The lowest BCUT2D eigenvalue weighted by Gasteiger charge is -2.50. The molecule has 4 aromatic rings. The zero-order valence-electron chi connectivity index (χ0n) is 27.6. The summed E-state index contributed by atoms with van der Waals surface area (Å²) in [4.78, 5) is 63.2. The average molecular weight is 762 g/mol. The maximum absolute atomic E-state index is 15.2. The van der Waals surface area contributed by atoms with Crippen molar-refractivity contribution in [2.45, 2.75) is 36.9 Å². The van der Waals surface area contributed by atoms with Crippen molar-refractivity contribution in [1.29, 1.82) is 0 Å². The normalized spacial score (nSPS) is 26.7. The molecule has 0 bridgehead atoms. The van der Waals surface area contributed by atoms with E-state index in [9.17, 15) is 32.7 Å². The number of amides is 4. The third kappa shape index (κ3) is 5.49. The van der Waals surface area contributed by atoms with Crippen LogP contribution in [0, 0.1) is 23.7 Å². The van der Waals surface area contributed by atoms with E-state index in [4.69, 9.17) is 23.2 Å². The molecule has 2 aliphatic carbocycles. The van der Waals surface area contributed by atoms with Crippen LogP contribution in [-0.4, -0.2) is 43.6 Å². The van der Waals surface area contributed by atoms with Crippen molar-refractivity contribution >= 4 is 52.6 Å². The monoisotopic (exact) mass is 760 g/mol. The summed E-state index contributed by atoms with van der Waals surface area (Å²) >= 11 is 12.5. The lowest BCUT2D eigenvalue weighted by molar-refractivity contribution is -0.142. The molecule has 270 valence electrons. The number of rotatable bonds is 6. The molecule has 1 saturated carbocycles. The van der Waals surface area contributed by atoms with Gasteiger partial charge in [0.15, 0.2) is 5.82 Å². The Bertz CT molecular complexity index is 2220. The van der Waals surface area contributed by atoms with E-state index in [1.54, 1.807) is 36.4 Å². The summed E-state index contributed by atoms with van der Waals surface area (Å²) in [6.45, 7) is 0.0810. The Morgan fingerprint density at radius 1 is 0.887 bits per heavy atom. The van der Waals surface area contributed by atoms with Crippen LogP contribution in [0.25, 0.3) is 0 Å². The number of phenols is 1. The number of hydrogen-bond acceptors (Lipinski definition) is 7. The smallest absolute Gasteiger partial charge is 0.417 e. The number of hydrazine groups is 1. The van der Waals surface area contributed by atoms with Gasteiger partial charge in [0.1, 0.15) is 5.75 Å². The van der Waals surface area contributed by atoms with Crippen LogP contribution in [0.5, 0.6) is 5.75 Å². The first-order chi connectivity index (χ1) is 25.3.